The van der Waals surface area contributed by atoms with Crippen molar-refractivity contribution in [3.8, 4) is 5.88 Å². The van der Waals surface area contributed by atoms with E-state index in [1.54, 1.807) is 12.3 Å². The van der Waals surface area contributed by atoms with Gasteiger partial charge in [0.25, 0.3) is 0 Å². The van der Waals surface area contributed by atoms with Crippen molar-refractivity contribution in [1.82, 2.24) is 4.98 Å². The van der Waals surface area contributed by atoms with Gasteiger partial charge in [-0.3, -0.25) is 0 Å². The van der Waals surface area contributed by atoms with Gasteiger partial charge in [-0.2, -0.15) is 0 Å². The molecule has 0 atom stereocenters. The van der Waals surface area contributed by atoms with Crippen molar-refractivity contribution in [1.29, 1.82) is 0 Å². The van der Waals surface area contributed by atoms with Crippen LogP contribution in [0, 0.1) is 0 Å². The molecule has 0 aromatic carbocycles. The lowest BCUT2D eigenvalue weighted by atomic mass is 9.96. The summed E-state index contributed by atoms with van der Waals surface area (Å²) >= 11 is 0. The lowest BCUT2D eigenvalue weighted by Gasteiger charge is -2.26. The topological polar surface area (TPSA) is 42.4 Å². The summed E-state index contributed by atoms with van der Waals surface area (Å²) in [6.07, 6.45) is 5.47. The number of nitrogens with zero attached hydrogens (tertiary/aromatic N) is 1. The van der Waals surface area contributed by atoms with E-state index in [0.717, 1.165) is 18.4 Å². The molecule has 0 spiro atoms. The van der Waals surface area contributed by atoms with Crippen LogP contribution >= 0.6 is 0 Å². The lowest BCUT2D eigenvalue weighted by Crippen LogP contribution is -2.25. The smallest absolute Gasteiger partial charge is 0.219 e. The van der Waals surface area contributed by atoms with Crippen LogP contribution < -0.4 is 4.74 Å². The summed E-state index contributed by atoms with van der Waals surface area (Å²) in [6, 6.07) is 3.64. The van der Waals surface area contributed by atoms with Gasteiger partial charge in [0.05, 0.1) is 6.61 Å². The molecule has 0 unspecified atom stereocenters. The fourth-order valence-corrected chi connectivity index (χ4v) is 1.30. The van der Waals surface area contributed by atoms with Crippen LogP contribution in [0.3, 0.4) is 0 Å². The zero-order valence-corrected chi connectivity index (χ0v) is 7.44. The second kappa shape index (κ2) is 3.75. The highest BCUT2D eigenvalue weighted by molar-refractivity contribution is 5.24. The molecule has 1 aliphatic carbocycles. The molecule has 0 amide bonds. The molecule has 1 heterocycles. The molecule has 0 bridgehead atoms. The maximum Gasteiger partial charge on any atom is 0.219 e. The summed E-state index contributed by atoms with van der Waals surface area (Å²) in [6.45, 7) is -0.00407. The van der Waals surface area contributed by atoms with Gasteiger partial charge in [-0.1, -0.05) is 0 Å². The number of ether oxygens (including phenoxy) is 1. The van der Waals surface area contributed by atoms with Crippen LogP contribution in [-0.4, -0.2) is 16.2 Å². The van der Waals surface area contributed by atoms with Gasteiger partial charge in [0.2, 0.25) is 5.88 Å². The molecular formula is C10H13NO2. The molecule has 1 aromatic heterocycles. The van der Waals surface area contributed by atoms with Crippen molar-refractivity contribution in [2.45, 2.75) is 32.0 Å². The standard InChI is InChI=1S/C10H13NO2/c12-7-8-3-2-6-11-10(8)13-9-4-1-5-9/h2-3,6,9,12H,1,4-5,7H2. The third-order valence-corrected chi connectivity index (χ3v) is 2.35. The van der Waals surface area contributed by atoms with Crippen LogP contribution in [0.1, 0.15) is 24.8 Å². The van der Waals surface area contributed by atoms with Crippen LogP contribution in [-0.2, 0) is 6.61 Å². The molecule has 2 rings (SSSR count). The summed E-state index contributed by atoms with van der Waals surface area (Å²) < 4.78 is 5.60. The quantitative estimate of drug-likeness (QED) is 0.764. The highest BCUT2D eigenvalue weighted by Gasteiger charge is 2.20. The number of aliphatic hydroxyl groups excluding tert-OH is 1. The number of hydrogen-bond donors (Lipinski definition) is 1. The Labute approximate surface area is 77.4 Å². The fraction of sp³-hybridized carbons (Fsp3) is 0.500. The molecule has 3 nitrogen and oxygen atoms in total. The third-order valence-electron chi connectivity index (χ3n) is 2.35. The molecule has 3 heteroatoms. The predicted octanol–water partition coefficient (Wildman–Crippen LogP) is 1.51. The molecule has 1 aliphatic rings. The van der Waals surface area contributed by atoms with Gasteiger partial charge in [0.15, 0.2) is 0 Å². The Morgan fingerprint density at radius 1 is 1.54 bits per heavy atom. The maximum absolute atomic E-state index is 9.00. The largest absolute Gasteiger partial charge is 0.474 e. The van der Waals surface area contributed by atoms with Crippen molar-refractivity contribution in [2.24, 2.45) is 0 Å². The van der Waals surface area contributed by atoms with E-state index < -0.39 is 0 Å². The second-order valence-electron chi connectivity index (χ2n) is 3.30. The van der Waals surface area contributed by atoms with Crippen LogP contribution in [0.5, 0.6) is 5.88 Å². The summed E-state index contributed by atoms with van der Waals surface area (Å²) in [5.74, 6) is 0.592. The van der Waals surface area contributed by atoms with Gasteiger partial charge in [-0.15, -0.1) is 0 Å². The van der Waals surface area contributed by atoms with Crippen molar-refractivity contribution < 1.29 is 9.84 Å². The Morgan fingerprint density at radius 2 is 2.38 bits per heavy atom. The van der Waals surface area contributed by atoms with Gasteiger partial charge in [0.1, 0.15) is 6.10 Å². The summed E-state index contributed by atoms with van der Waals surface area (Å²) in [5, 5.41) is 9.00. The number of aromatic nitrogens is 1. The average Bonchev–Trinajstić information content (AvgIpc) is 2.12. The first-order valence-corrected chi connectivity index (χ1v) is 4.61. The Morgan fingerprint density at radius 3 is 3.00 bits per heavy atom. The van der Waals surface area contributed by atoms with E-state index in [1.807, 2.05) is 6.07 Å². The number of rotatable bonds is 3. The minimum absolute atomic E-state index is 0.00407. The zero-order valence-electron chi connectivity index (χ0n) is 7.44. The molecular weight excluding hydrogens is 166 g/mol. The van der Waals surface area contributed by atoms with Crippen molar-refractivity contribution in [3.05, 3.63) is 23.9 Å². The molecule has 0 saturated heterocycles. The average molecular weight is 179 g/mol. The van der Waals surface area contributed by atoms with Gasteiger partial charge >= 0.3 is 0 Å². The van der Waals surface area contributed by atoms with Gasteiger partial charge in [-0.25, -0.2) is 4.98 Å². The molecule has 1 N–H and O–H groups in total. The van der Waals surface area contributed by atoms with Crippen molar-refractivity contribution in [3.63, 3.8) is 0 Å². The minimum Gasteiger partial charge on any atom is -0.474 e. The summed E-state index contributed by atoms with van der Waals surface area (Å²) in [5.41, 5.74) is 0.773. The monoisotopic (exact) mass is 179 g/mol. The van der Waals surface area contributed by atoms with Crippen LogP contribution in [0.15, 0.2) is 18.3 Å². The van der Waals surface area contributed by atoms with Gasteiger partial charge in [0, 0.05) is 11.8 Å². The Bertz CT molecular complexity index is 284. The molecule has 1 fully saturated rings. The Kier molecular flexibility index (Phi) is 2.45. The highest BCUT2D eigenvalue weighted by Crippen LogP contribution is 2.25. The zero-order chi connectivity index (χ0) is 9.10. The van der Waals surface area contributed by atoms with Crippen LogP contribution in [0.4, 0.5) is 0 Å². The first kappa shape index (κ1) is 8.51. The van der Waals surface area contributed by atoms with Crippen LogP contribution in [0.25, 0.3) is 0 Å². The van der Waals surface area contributed by atoms with E-state index in [0.29, 0.717) is 12.0 Å². The normalized spacial score (nSPS) is 16.7. The van der Waals surface area contributed by atoms with Crippen molar-refractivity contribution >= 4 is 0 Å². The minimum atomic E-state index is -0.00407. The van der Waals surface area contributed by atoms with E-state index in [4.69, 9.17) is 9.84 Å². The molecule has 0 radical (unpaired) electrons. The predicted molar refractivity (Wildman–Crippen MR) is 48.4 cm³/mol. The summed E-state index contributed by atoms with van der Waals surface area (Å²) in [7, 11) is 0. The molecule has 70 valence electrons. The van der Waals surface area contributed by atoms with Crippen molar-refractivity contribution in [2.75, 3.05) is 0 Å². The number of hydrogen-bond acceptors (Lipinski definition) is 3. The van der Waals surface area contributed by atoms with E-state index >= 15 is 0 Å². The van der Waals surface area contributed by atoms with Crippen LogP contribution in [0.2, 0.25) is 0 Å². The van der Waals surface area contributed by atoms with E-state index in [2.05, 4.69) is 4.98 Å². The molecule has 13 heavy (non-hydrogen) atoms. The summed E-state index contributed by atoms with van der Waals surface area (Å²) in [4.78, 5) is 4.09. The lowest BCUT2D eigenvalue weighted by molar-refractivity contribution is 0.111. The third kappa shape index (κ3) is 1.80. The van der Waals surface area contributed by atoms with E-state index in [9.17, 15) is 0 Å². The maximum atomic E-state index is 9.00. The van der Waals surface area contributed by atoms with Gasteiger partial charge < -0.3 is 9.84 Å². The Balaban J connectivity index is 2.08. The molecule has 1 aromatic rings. The highest BCUT2D eigenvalue weighted by atomic mass is 16.5. The Hall–Kier alpha value is -1.09. The number of aliphatic hydroxyl groups is 1. The number of pyridine rings is 1. The van der Waals surface area contributed by atoms with E-state index in [-0.39, 0.29) is 6.61 Å². The molecule has 0 aliphatic heterocycles. The SMILES string of the molecule is OCc1cccnc1OC1CCC1. The van der Waals surface area contributed by atoms with E-state index in [1.165, 1.54) is 6.42 Å². The molecule has 1 saturated carbocycles. The van der Waals surface area contributed by atoms with Gasteiger partial charge in [-0.05, 0) is 31.4 Å². The first-order chi connectivity index (χ1) is 6.40. The fourth-order valence-electron chi connectivity index (χ4n) is 1.30. The first-order valence-electron chi connectivity index (χ1n) is 4.61. The second-order valence-corrected chi connectivity index (χ2v) is 3.30.